The number of hydrogen-bond donors (Lipinski definition) is 0. The lowest BCUT2D eigenvalue weighted by atomic mass is 9.93. The quantitative estimate of drug-likeness (QED) is 0.805. The number of hydrogen-bond acceptors (Lipinski definition) is 3. The number of rotatable bonds is 1. The molecule has 1 aromatic carbocycles. The van der Waals surface area contributed by atoms with Gasteiger partial charge in [0.2, 0.25) is 0 Å². The minimum atomic E-state index is -4.66. The molecule has 0 spiro atoms. The molecule has 0 saturated heterocycles. The van der Waals surface area contributed by atoms with Crippen LogP contribution in [0.15, 0.2) is 35.1 Å². The van der Waals surface area contributed by atoms with Crippen molar-refractivity contribution in [2.24, 2.45) is 0 Å². The highest BCUT2D eigenvalue weighted by Gasteiger charge is 2.35. The zero-order valence-corrected chi connectivity index (χ0v) is 12.4. The van der Waals surface area contributed by atoms with Gasteiger partial charge in [0.15, 0.2) is 5.78 Å². The highest BCUT2D eigenvalue weighted by atomic mass is 19.4. The molecule has 0 amide bonds. The Morgan fingerprint density at radius 3 is 2.50 bits per heavy atom. The van der Waals surface area contributed by atoms with Crippen molar-refractivity contribution < 1.29 is 18.0 Å². The summed E-state index contributed by atoms with van der Waals surface area (Å²) in [6.07, 6.45) is -3.67. The predicted octanol–water partition coefficient (Wildman–Crippen LogP) is 3.25. The summed E-state index contributed by atoms with van der Waals surface area (Å²) in [5.41, 5.74) is -2.16. The van der Waals surface area contributed by atoms with E-state index >= 15 is 0 Å². The van der Waals surface area contributed by atoms with Gasteiger partial charge in [-0.2, -0.15) is 18.4 Å². The van der Waals surface area contributed by atoms with Crippen LogP contribution in [0.2, 0.25) is 0 Å². The number of Topliss-reactive ketones (excluding diaryl/α,β-unsaturated/α-hetero) is 1. The molecular weight excluding hydrogens is 321 g/mol. The van der Waals surface area contributed by atoms with E-state index in [0.29, 0.717) is 12.8 Å². The average Bonchev–Trinajstić information content (AvgIpc) is 2.54. The number of fused-ring (bicyclic) bond motifs is 1. The van der Waals surface area contributed by atoms with E-state index in [1.165, 1.54) is 24.3 Å². The lowest BCUT2D eigenvalue weighted by Crippen LogP contribution is -2.30. The van der Waals surface area contributed by atoms with Gasteiger partial charge in [-0.25, -0.2) is 0 Å². The fourth-order valence-corrected chi connectivity index (χ4v) is 2.94. The van der Waals surface area contributed by atoms with Crippen LogP contribution in [-0.4, -0.2) is 10.4 Å². The molecule has 2 aromatic rings. The molecule has 0 unspecified atom stereocenters. The minimum Gasteiger partial charge on any atom is -0.294 e. The highest BCUT2D eigenvalue weighted by molar-refractivity contribution is 5.98. The summed E-state index contributed by atoms with van der Waals surface area (Å²) in [6.45, 7) is 0. The number of alkyl halides is 3. The maximum atomic E-state index is 13.3. The SMILES string of the molecule is N#Cc1cc2c(n(-c3ccccc3C(F)(F)F)c1=O)CCCC2=O. The number of pyridine rings is 1. The van der Waals surface area contributed by atoms with E-state index in [1.807, 2.05) is 0 Å². The van der Waals surface area contributed by atoms with Gasteiger partial charge in [0.25, 0.3) is 5.56 Å². The van der Waals surface area contributed by atoms with E-state index in [-0.39, 0.29) is 34.7 Å². The van der Waals surface area contributed by atoms with E-state index in [1.54, 1.807) is 6.07 Å². The second-order valence-electron chi connectivity index (χ2n) is 5.46. The van der Waals surface area contributed by atoms with E-state index < -0.39 is 17.3 Å². The molecule has 122 valence electrons. The third-order valence-corrected chi connectivity index (χ3v) is 3.99. The fraction of sp³-hybridized carbons (Fsp3) is 0.235. The van der Waals surface area contributed by atoms with Crippen LogP contribution in [0.4, 0.5) is 13.2 Å². The highest BCUT2D eigenvalue weighted by Crippen LogP contribution is 2.34. The van der Waals surface area contributed by atoms with Crippen molar-refractivity contribution in [2.45, 2.75) is 25.4 Å². The number of halogens is 3. The second kappa shape index (κ2) is 5.64. The molecule has 1 heterocycles. The topological polar surface area (TPSA) is 62.9 Å². The van der Waals surface area contributed by atoms with Crippen LogP contribution < -0.4 is 5.56 Å². The summed E-state index contributed by atoms with van der Waals surface area (Å²) in [4.78, 5) is 24.6. The summed E-state index contributed by atoms with van der Waals surface area (Å²) >= 11 is 0. The molecule has 0 aliphatic heterocycles. The monoisotopic (exact) mass is 332 g/mol. The van der Waals surface area contributed by atoms with Crippen LogP contribution in [-0.2, 0) is 12.6 Å². The number of benzene rings is 1. The molecule has 0 radical (unpaired) electrons. The number of para-hydroxylation sites is 1. The molecule has 7 heteroatoms. The molecule has 3 rings (SSSR count). The Hall–Kier alpha value is -2.88. The first kappa shape index (κ1) is 16.0. The van der Waals surface area contributed by atoms with Crippen LogP contribution in [0, 0.1) is 11.3 Å². The zero-order valence-electron chi connectivity index (χ0n) is 12.4. The first-order valence-electron chi connectivity index (χ1n) is 7.23. The fourth-order valence-electron chi connectivity index (χ4n) is 2.94. The Balaban J connectivity index is 2.43. The molecule has 1 aliphatic rings. The molecule has 4 nitrogen and oxygen atoms in total. The first-order chi connectivity index (χ1) is 11.3. The lowest BCUT2D eigenvalue weighted by Gasteiger charge is -2.22. The Morgan fingerprint density at radius 1 is 1.12 bits per heavy atom. The van der Waals surface area contributed by atoms with Crippen LogP contribution in [0.3, 0.4) is 0 Å². The van der Waals surface area contributed by atoms with Gasteiger partial charge in [0.1, 0.15) is 11.6 Å². The summed E-state index contributed by atoms with van der Waals surface area (Å²) in [7, 11) is 0. The van der Waals surface area contributed by atoms with Gasteiger partial charge in [0, 0.05) is 17.7 Å². The number of nitrogens with zero attached hydrogens (tertiary/aromatic N) is 2. The summed E-state index contributed by atoms with van der Waals surface area (Å²) in [6, 6.07) is 7.51. The van der Waals surface area contributed by atoms with Gasteiger partial charge in [-0.15, -0.1) is 0 Å². The van der Waals surface area contributed by atoms with Crippen LogP contribution >= 0.6 is 0 Å². The maximum Gasteiger partial charge on any atom is 0.418 e. The largest absolute Gasteiger partial charge is 0.418 e. The number of carbonyl (C=O) groups is 1. The normalized spacial score (nSPS) is 14.2. The zero-order chi connectivity index (χ0) is 17.5. The lowest BCUT2D eigenvalue weighted by molar-refractivity contribution is -0.137. The van der Waals surface area contributed by atoms with Crippen molar-refractivity contribution in [1.82, 2.24) is 4.57 Å². The molecule has 0 fully saturated rings. The number of nitriles is 1. The van der Waals surface area contributed by atoms with Crippen molar-refractivity contribution in [3.8, 4) is 11.8 Å². The Labute approximate surface area is 134 Å². The molecular formula is C17H11F3N2O2. The first-order valence-corrected chi connectivity index (χ1v) is 7.23. The van der Waals surface area contributed by atoms with E-state index in [9.17, 15) is 22.8 Å². The van der Waals surface area contributed by atoms with Crippen LogP contribution in [0.25, 0.3) is 5.69 Å². The van der Waals surface area contributed by atoms with Crippen molar-refractivity contribution in [3.05, 3.63) is 63.1 Å². The standard InChI is InChI=1S/C17H11F3N2O2/c18-17(19,20)12-4-1-2-5-14(12)22-13-6-3-7-15(23)11(13)8-10(9-21)16(22)24/h1-2,4-5,8H,3,6-7H2. The second-order valence-corrected chi connectivity index (χ2v) is 5.46. The Bertz CT molecular complexity index is 936. The summed E-state index contributed by atoms with van der Waals surface area (Å²) in [5.74, 6) is -0.272. The number of carbonyl (C=O) groups excluding carboxylic acids is 1. The molecule has 1 aromatic heterocycles. The van der Waals surface area contributed by atoms with Gasteiger partial charge >= 0.3 is 6.18 Å². The maximum absolute atomic E-state index is 13.3. The predicted molar refractivity (Wildman–Crippen MR) is 79.0 cm³/mol. The molecule has 0 N–H and O–H groups in total. The molecule has 24 heavy (non-hydrogen) atoms. The Morgan fingerprint density at radius 2 is 1.83 bits per heavy atom. The minimum absolute atomic E-state index is 0.148. The average molecular weight is 332 g/mol. The van der Waals surface area contributed by atoms with E-state index in [2.05, 4.69) is 0 Å². The third-order valence-electron chi connectivity index (χ3n) is 3.99. The molecule has 0 bridgehead atoms. The third kappa shape index (κ3) is 2.50. The Kier molecular flexibility index (Phi) is 3.76. The van der Waals surface area contributed by atoms with E-state index in [0.717, 1.165) is 10.6 Å². The van der Waals surface area contributed by atoms with Crippen molar-refractivity contribution in [1.29, 1.82) is 5.26 Å². The molecule has 0 saturated carbocycles. The van der Waals surface area contributed by atoms with Gasteiger partial charge < -0.3 is 0 Å². The molecule has 1 aliphatic carbocycles. The van der Waals surface area contributed by atoms with Gasteiger partial charge in [-0.3, -0.25) is 14.2 Å². The smallest absolute Gasteiger partial charge is 0.294 e. The summed E-state index contributed by atoms with van der Waals surface area (Å²) in [5, 5.41) is 9.11. The van der Waals surface area contributed by atoms with Crippen molar-refractivity contribution in [2.75, 3.05) is 0 Å². The van der Waals surface area contributed by atoms with Crippen molar-refractivity contribution >= 4 is 5.78 Å². The molecule has 0 atom stereocenters. The number of ketones is 1. The van der Waals surface area contributed by atoms with Crippen LogP contribution in [0.5, 0.6) is 0 Å². The van der Waals surface area contributed by atoms with E-state index in [4.69, 9.17) is 5.26 Å². The van der Waals surface area contributed by atoms with Gasteiger partial charge in [-0.1, -0.05) is 12.1 Å². The van der Waals surface area contributed by atoms with Gasteiger partial charge in [0.05, 0.1) is 11.3 Å². The number of aromatic nitrogens is 1. The van der Waals surface area contributed by atoms with Crippen LogP contribution in [0.1, 0.15) is 40.0 Å². The van der Waals surface area contributed by atoms with Crippen molar-refractivity contribution in [3.63, 3.8) is 0 Å². The van der Waals surface area contributed by atoms with Gasteiger partial charge in [-0.05, 0) is 31.0 Å². The summed E-state index contributed by atoms with van der Waals surface area (Å²) < 4.78 is 40.8.